The Kier molecular flexibility index (Phi) is 12.7. The number of halogens is 2. The highest BCUT2D eigenvalue weighted by Gasteiger charge is 2.34. The first-order valence-corrected chi connectivity index (χ1v) is 17.5. The first-order valence-electron chi connectivity index (χ1n) is 15.4. The molecule has 4 aromatic rings. The standard InChI is InChI=1S/C36H39Cl2N3O4S/c1-3-5-22-39-36(43)34(24-28-12-8-6-9-13-28)40(25-29-18-21-32(37)33(38)23-29)35(42)26-41(30-19-16-27(4-2)17-20-30)46(44,45)31-14-10-7-11-15-31/h6-21,23,34H,3-5,22,24-26H2,1-2H3,(H,39,43)/t34-/m0/s1. The number of aryl methyl sites for hydroxylation is 1. The molecule has 4 rings (SSSR count). The Bertz CT molecular complexity index is 1700. The van der Waals surface area contributed by atoms with Gasteiger partial charge in [-0.3, -0.25) is 13.9 Å². The molecule has 7 nitrogen and oxygen atoms in total. The van der Waals surface area contributed by atoms with E-state index in [9.17, 15) is 18.0 Å². The number of anilines is 1. The van der Waals surface area contributed by atoms with Crippen LogP contribution in [0, 0.1) is 0 Å². The van der Waals surface area contributed by atoms with Gasteiger partial charge in [-0.2, -0.15) is 0 Å². The number of benzene rings is 4. The summed E-state index contributed by atoms with van der Waals surface area (Å²) in [6.07, 6.45) is 2.67. The van der Waals surface area contributed by atoms with E-state index in [-0.39, 0.29) is 23.8 Å². The summed E-state index contributed by atoms with van der Waals surface area (Å²) < 4.78 is 29.3. The maximum Gasteiger partial charge on any atom is 0.264 e. The molecular formula is C36H39Cl2N3O4S. The molecular weight excluding hydrogens is 641 g/mol. The fourth-order valence-corrected chi connectivity index (χ4v) is 6.80. The molecule has 0 radical (unpaired) electrons. The number of hydrogen-bond donors (Lipinski definition) is 1. The van der Waals surface area contributed by atoms with Gasteiger partial charge in [-0.15, -0.1) is 0 Å². The SMILES string of the molecule is CCCCNC(=O)[C@H](Cc1ccccc1)N(Cc1ccc(Cl)c(Cl)c1)C(=O)CN(c1ccc(CC)cc1)S(=O)(=O)c1ccccc1. The minimum absolute atomic E-state index is 0.00240. The fourth-order valence-electron chi connectivity index (χ4n) is 5.04. The molecule has 4 aromatic carbocycles. The minimum Gasteiger partial charge on any atom is -0.354 e. The predicted molar refractivity (Wildman–Crippen MR) is 186 cm³/mol. The molecule has 2 amide bonds. The molecule has 0 bridgehead atoms. The Morgan fingerprint density at radius 1 is 0.783 bits per heavy atom. The molecule has 0 saturated heterocycles. The van der Waals surface area contributed by atoms with Crippen LogP contribution in [0.25, 0.3) is 0 Å². The van der Waals surface area contributed by atoms with Gasteiger partial charge in [0.15, 0.2) is 0 Å². The van der Waals surface area contributed by atoms with E-state index in [1.165, 1.54) is 17.0 Å². The van der Waals surface area contributed by atoms with E-state index in [0.717, 1.165) is 34.7 Å². The second kappa shape index (κ2) is 16.6. The van der Waals surface area contributed by atoms with Crippen LogP contribution < -0.4 is 9.62 Å². The molecule has 0 saturated carbocycles. The molecule has 0 fully saturated rings. The molecule has 10 heteroatoms. The van der Waals surface area contributed by atoms with Gasteiger partial charge in [0.2, 0.25) is 11.8 Å². The van der Waals surface area contributed by atoms with E-state index in [1.54, 1.807) is 48.5 Å². The zero-order valence-corrected chi connectivity index (χ0v) is 28.4. The summed E-state index contributed by atoms with van der Waals surface area (Å²) in [7, 11) is -4.16. The van der Waals surface area contributed by atoms with E-state index < -0.39 is 28.5 Å². The van der Waals surface area contributed by atoms with Crippen molar-refractivity contribution in [2.24, 2.45) is 0 Å². The number of nitrogens with one attached hydrogen (secondary N) is 1. The number of sulfonamides is 1. The molecule has 0 aliphatic rings. The highest BCUT2D eigenvalue weighted by Crippen LogP contribution is 2.27. The zero-order chi connectivity index (χ0) is 33.1. The van der Waals surface area contributed by atoms with Crippen LogP contribution >= 0.6 is 23.2 Å². The van der Waals surface area contributed by atoms with Crippen molar-refractivity contribution in [1.29, 1.82) is 0 Å². The largest absolute Gasteiger partial charge is 0.354 e. The number of unbranched alkanes of at least 4 members (excludes halogenated alkanes) is 1. The lowest BCUT2D eigenvalue weighted by molar-refractivity contribution is -0.140. The predicted octanol–water partition coefficient (Wildman–Crippen LogP) is 7.31. The molecule has 1 atom stereocenters. The van der Waals surface area contributed by atoms with Crippen molar-refractivity contribution in [3.05, 3.63) is 130 Å². The maximum absolute atomic E-state index is 14.5. The average Bonchev–Trinajstić information content (AvgIpc) is 3.07. The number of amides is 2. The van der Waals surface area contributed by atoms with Crippen molar-refractivity contribution in [3.63, 3.8) is 0 Å². The van der Waals surface area contributed by atoms with Crippen LogP contribution in [0.1, 0.15) is 43.4 Å². The number of hydrogen-bond acceptors (Lipinski definition) is 4. The first-order chi connectivity index (χ1) is 22.1. The van der Waals surface area contributed by atoms with Gasteiger partial charge < -0.3 is 10.2 Å². The normalized spacial score (nSPS) is 11.9. The highest BCUT2D eigenvalue weighted by molar-refractivity contribution is 7.92. The number of rotatable bonds is 15. The van der Waals surface area contributed by atoms with Gasteiger partial charge >= 0.3 is 0 Å². The molecule has 46 heavy (non-hydrogen) atoms. The van der Waals surface area contributed by atoms with Crippen LogP contribution in [-0.2, 0) is 39.0 Å². The molecule has 0 aliphatic carbocycles. The second-order valence-electron chi connectivity index (χ2n) is 11.0. The molecule has 1 N–H and O–H groups in total. The van der Waals surface area contributed by atoms with Crippen molar-refractivity contribution in [1.82, 2.24) is 10.2 Å². The summed E-state index contributed by atoms with van der Waals surface area (Å²) in [5, 5.41) is 3.65. The van der Waals surface area contributed by atoms with Gasteiger partial charge in [0, 0.05) is 19.5 Å². The molecule has 0 spiro atoms. The molecule has 242 valence electrons. The van der Waals surface area contributed by atoms with Crippen LogP contribution in [0.4, 0.5) is 5.69 Å². The van der Waals surface area contributed by atoms with Gasteiger partial charge in [-0.05, 0) is 65.9 Å². The van der Waals surface area contributed by atoms with Crippen LogP contribution in [0.5, 0.6) is 0 Å². The summed E-state index contributed by atoms with van der Waals surface area (Å²) in [5.74, 6) is -0.868. The first kappa shape index (κ1) is 35.0. The Morgan fingerprint density at radius 3 is 2.02 bits per heavy atom. The molecule has 0 unspecified atom stereocenters. The smallest absolute Gasteiger partial charge is 0.264 e. The van der Waals surface area contributed by atoms with Gasteiger partial charge in [0.1, 0.15) is 12.6 Å². The quantitative estimate of drug-likeness (QED) is 0.134. The summed E-state index contributed by atoms with van der Waals surface area (Å²) in [6, 6.07) is 28.6. The Labute approximate surface area is 282 Å². The third-order valence-corrected chi connectivity index (χ3v) is 10.2. The van der Waals surface area contributed by atoms with Crippen LogP contribution in [-0.4, -0.2) is 44.3 Å². The number of carbonyl (C=O) groups is 2. The highest BCUT2D eigenvalue weighted by atomic mass is 35.5. The Morgan fingerprint density at radius 2 is 1.41 bits per heavy atom. The topological polar surface area (TPSA) is 86.8 Å². The lowest BCUT2D eigenvalue weighted by atomic mass is 10.0. The van der Waals surface area contributed by atoms with Crippen molar-refractivity contribution < 1.29 is 18.0 Å². The maximum atomic E-state index is 14.5. The third kappa shape index (κ3) is 9.12. The van der Waals surface area contributed by atoms with Gasteiger partial charge in [0.25, 0.3) is 10.0 Å². The number of carbonyl (C=O) groups excluding carboxylic acids is 2. The Hall–Kier alpha value is -3.85. The summed E-state index contributed by atoms with van der Waals surface area (Å²) in [5.41, 5.74) is 2.87. The summed E-state index contributed by atoms with van der Waals surface area (Å²) >= 11 is 12.5. The van der Waals surface area contributed by atoms with Crippen LogP contribution in [0.3, 0.4) is 0 Å². The molecule has 0 aromatic heterocycles. The van der Waals surface area contributed by atoms with Gasteiger partial charge in [-0.1, -0.05) is 110 Å². The lowest BCUT2D eigenvalue weighted by Crippen LogP contribution is -2.53. The van der Waals surface area contributed by atoms with E-state index >= 15 is 0 Å². The zero-order valence-electron chi connectivity index (χ0n) is 26.0. The van der Waals surface area contributed by atoms with Crippen molar-refractivity contribution >= 4 is 50.7 Å². The minimum atomic E-state index is -4.16. The van der Waals surface area contributed by atoms with Crippen molar-refractivity contribution in [2.45, 2.75) is 57.0 Å². The third-order valence-electron chi connectivity index (χ3n) is 7.68. The van der Waals surface area contributed by atoms with E-state index in [2.05, 4.69) is 5.32 Å². The average molecular weight is 681 g/mol. The molecule has 0 heterocycles. The van der Waals surface area contributed by atoms with Gasteiger partial charge in [0.05, 0.1) is 20.6 Å². The fraction of sp³-hybridized carbons (Fsp3) is 0.278. The van der Waals surface area contributed by atoms with E-state index in [0.29, 0.717) is 27.8 Å². The second-order valence-corrected chi connectivity index (χ2v) is 13.6. The number of nitrogens with zero attached hydrogens (tertiary/aromatic N) is 2. The van der Waals surface area contributed by atoms with Crippen molar-refractivity contribution in [2.75, 3.05) is 17.4 Å². The van der Waals surface area contributed by atoms with Crippen LogP contribution in [0.15, 0.2) is 108 Å². The summed E-state index contributed by atoms with van der Waals surface area (Å²) in [4.78, 5) is 29.9. The van der Waals surface area contributed by atoms with Gasteiger partial charge in [-0.25, -0.2) is 8.42 Å². The van der Waals surface area contributed by atoms with E-state index in [1.807, 2.05) is 56.3 Å². The molecule has 0 aliphatic heterocycles. The van der Waals surface area contributed by atoms with E-state index in [4.69, 9.17) is 23.2 Å². The van der Waals surface area contributed by atoms with Crippen LogP contribution in [0.2, 0.25) is 10.0 Å². The Balaban J connectivity index is 1.79. The summed E-state index contributed by atoms with van der Waals surface area (Å²) in [6.45, 7) is 3.96. The lowest BCUT2D eigenvalue weighted by Gasteiger charge is -2.34. The van der Waals surface area contributed by atoms with Crippen molar-refractivity contribution in [3.8, 4) is 0 Å². The monoisotopic (exact) mass is 679 g/mol.